The van der Waals surface area contributed by atoms with Crippen molar-refractivity contribution in [3.63, 3.8) is 0 Å². The van der Waals surface area contributed by atoms with Gasteiger partial charge in [-0.15, -0.1) is 11.3 Å². The second-order valence-corrected chi connectivity index (χ2v) is 9.64. The third-order valence-corrected chi connectivity index (χ3v) is 7.09. The Balaban J connectivity index is 1.53. The van der Waals surface area contributed by atoms with Crippen molar-refractivity contribution in [2.75, 3.05) is 0 Å². The average molecular weight is 410 g/mol. The Hall–Kier alpha value is -1.74. The van der Waals surface area contributed by atoms with E-state index < -0.39 is 10.0 Å². The maximum atomic E-state index is 12.7. The molecular weight excluding hydrogens is 394 g/mol. The summed E-state index contributed by atoms with van der Waals surface area (Å²) in [6.45, 7) is 1.96. The molecule has 1 aliphatic carbocycles. The Morgan fingerprint density at radius 2 is 2.04 bits per heavy atom. The lowest BCUT2D eigenvalue weighted by Crippen LogP contribution is -2.23. The predicted molar refractivity (Wildman–Crippen MR) is 99.8 cm³/mol. The van der Waals surface area contributed by atoms with Crippen molar-refractivity contribution in [2.24, 2.45) is 0 Å². The van der Waals surface area contributed by atoms with E-state index in [0.717, 1.165) is 18.4 Å². The Morgan fingerprint density at radius 3 is 2.73 bits per heavy atom. The first-order valence-corrected chi connectivity index (χ1v) is 10.8. The highest BCUT2D eigenvalue weighted by atomic mass is 35.5. The normalized spacial score (nSPS) is 14.7. The van der Waals surface area contributed by atoms with E-state index in [9.17, 15) is 8.42 Å². The standard InChI is InChI=1S/C17H16ClN3O3S2/c1-10-15(26(22,23)19-9-11-2-6-13(18)7-3-11)8-14(25-10)16-20-17(24-21-16)12-4-5-12/h2-3,6-8,12,19H,4-5,9H2,1H3. The van der Waals surface area contributed by atoms with Gasteiger partial charge in [0.2, 0.25) is 21.7 Å². The zero-order valence-corrected chi connectivity index (χ0v) is 16.3. The molecule has 4 rings (SSSR count). The van der Waals surface area contributed by atoms with Crippen molar-refractivity contribution in [3.05, 3.63) is 51.7 Å². The summed E-state index contributed by atoms with van der Waals surface area (Å²) in [4.78, 5) is 5.99. The number of hydrogen-bond donors (Lipinski definition) is 1. The number of thiophene rings is 1. The van der Waals surface area contributed by atoms with Crippen LogP contribution in [0.1, 0.15) is 35.1 Å². The molecule has 1 aromatic carbocycles. The summed E-state index contributed by atoms with van der Waals surface area (Å²) in [5, 5.41) is 4.59. The molecule has 26 heavy (non-hydrogen) atoms. The molecule has 1 fully saturated rings. The number of benzene rings is 1. The Bertz CT molecular complexity index is 1040. The molecule has 0 aliphatic heterocycles. The van der Waals surface area contributed by atoms with E-state index in [0.29, 0.717) is 32.4 Å². The summed E-state index contributed by atoms with van der Waals surface area (Å²) < 4.78 is 33.2. The highest BCUT2D eigenvalue weighted by Crippen LogP contribution is 2.40. The zero-order valence-electron chi connectivity index (χ0n) is 13.9. The molecule has 0 saturated heterocycles. The van der Waals surface area contributed by atoms with Gasteiger partial charge in [0.15, 0.2) is 0 Å². The number of aromatic nitrogens is 2. The van der Waals surface area contributed by atoms with E-state index in [2.05, 4.69) is 14.9 Å². The number of halogens is 1. The Morgan fingerprint density at radius 1 is 1.31 bits per heavy atom. The smallest absolute Gasteiger partial charge is 0.241 e. The van der Waals surface area contributed by atoms with Crippen LogP contribution in [0.5, 0.6) is 0 Å². The lowest BCUT2D eigenvalue weighted by molar-refractivity contribution is 0.380. The molecule has 9 heteroatoms. The van der Waals surface area contributed by atoms with Crippen molar-refractivity contribution < 1.29 is 12.9 Å². The SMILES string of the molecule is Cc1sc(-c2noc(C3CC3)n2)cc1S(=O)(=O)NCc1ccc(Cl)cc1. The van der Waals surface area contributed by atoms with Gasteiger partial charge in [0.05, 0.1) is 9.77 Å². The van der Waals surface area contributed by atoms with Gasteiger partial charge in [-0.25, -0.2) is 13.1 Å². The van der Waals surface area contributed by atoms with Crippen LogP contribution in [0.3, 0.4) is 0 Å². The average Bonchev–Trinajstić information content (AvgIpc) is 3.20. The molecule has 0 unspecified atom stereocenters. The van der Waals surface area contributed by atoms with Crippen LogP contribution in [-0.2, 0) is 16.6 Å². The maximum absolute atomic E-state index is 12.7. The molecule has 1 saturated carbocycles. The molecular formula is C17H16ClN3O3S2. The van der Waals surface area contributed by atoms with E-state index in [4.69, 9.17) is 16.1 Å². The summed E-state index contributed by atoms with van der Waals surface area (Å²) >= 11 is 7.19. The van der Waals surface area contributed by atoms with Crippen LogP contribution in [-0.4, -0.2) is 18.6 Å². The van der Waals surface area contributed by atoms with Crippen LogP contribution in [0.2, 0.25) is 5.02 Å². The van der Waals surface area contributed by atoms with Crippen molar-refractivity contribution in [1.82, 2.24) is 14.9 Å². The van der Waals surface area contributed by atoms with Crippen molar-refractivity contribution in [3.8, 4) is 10.7 Å². The van der Waals surface area contributed by atoms with Crippen LogP contribution < -0.4 is 4.72 Å². The molecule has 0 amide bonds. The molecule has 0 radical (unpaired) electrons. The van der Waals surface area contributed by atoms with Crippen LogP contribution in [0.4, 0.5) is 0 Å². The molecule has 2 heterocycles. The first-order valence-electron chi connectivity index (χ1n) is 8.11. The number of nitrogens with zero attached hydrogens (tertiary/aromatic N) is 2. The van der Waals surface area contributed by atoms with Crippen LogP contribution in [0.25, 0.3) is 10.7 Å². The van der Waals surface area contributed by atoms with Crippen molar-refractivity contribution >= 4 is 33.0 Å². The summed E-state index contributed by atoms with van der Waals surface area (Å²) in [7, 11) is -3.64. The molecule has 136 valence electrons. The topological polar surface area (TPSA) is 85.1 Å². The van der Waals surface area contributed by atoms with E-state index in [-0.39, 0.29) is 11.4 Å². The number of sulfonamides is 1. The molecule has 1 N–H and O–H groups in total. The van der Waals surface area contributed by atoms with E-state index in [1.807, 2.05) is 0 Å². The van der Waals surface area contributed by atoms with Crippen LogP contribution >= 0.6 is 22.9 Å². The number of rotatable bonds is 6. The van der Waals surface area contributed by atoms with Gasteiger partial charge in [0.1, 0.15) is 0 Å². The largest absolute Gasteiger partial charge is 0.339 e. The van der Waals surface area contributed by atoms with Crippen LogP contribution in [0.15, 0.2) is 39.8 Å². The van der Waals surface area contributed by atoms with Gasteiger partial charge in [0.25, 0.3) is 0 Å². The molecule has 0 spiro atoms. The first-order chi connectivity index (χ1) is 12.4. The first kappa shape index (κ1) is 17.7. The summed E-state index contributed by atoms with van der Waals surface area (Å²) in [5.41, 5.74) is 0.832. The quantitative estimate of drug-likeness (QED) is 0.662. The van der Waals surface area contributed by atoms with E-state index in [1.165, 1.54) is 11.3 Å². The highest BCUT2D eigenvalue weighted by molar-refractivity contribution is 7.89. The van der Waals surface area contributed by atoms with Gasteiger partial charge >= 0.3 is 0 Å². The van der Waals surface area contributed by atoms with Gasteiger partial charge in [-0.3, -0.25) is 0 Å². The predicted octanol–water partition coefficient (Wildman–Crippen LogP) is 4.12. The fourth-order valence-electron chi connectivity index (χ4n) is 2.53. The Kier molecular flexibility index (Phi) is 4.60. The fourth-order valence-corrected chi connectivity index (χ4v) is 5.19. The second kappa shape index (κ2) is 6.77. The van der Waals surface area contributed by atoms with Gasteiger partial charge in [0, 0.05) is 22.4 Å². The minimum atomic E-state index is -3.64. The molecule has 2 aromatic heterocycles. The van der Waals surface area contributed by atoms with Crippen molar-refractivity contribution in [1.29, 1.82) is 0 Å². The minimum absolute atomic E-state index is 0.193. The molecule has 0 bridgehead atoms. The van der Waals surface area contributed by atoms with Gasteiger partial charge < -0.3 is 4.52 Å². The lowest BCUT2D eigenvalue weighted by atomic mass is 10.2. The minimum Gasteiger partial charge on any atom is -0.339 e. The third kappa shape index (κ3) is 3.68. The number of hydrogen-bond acceptors (Lipinski definition) is 6. The number of aryl methyl sites for hydroxylation is 1. The molecule has 1 aliphatic rings. The summed E-state index contributed by atoms with van der Waals surface area (Å²) in [6.07, 6.45) is 2.14. The van der Waals surface area contributed by atoms with E-state index >= 15 is 0 Å². The van der Waals surface area contributed by atoms with Gasteiger partial charge in [-0.05, 0) is 43.5 Å². The fraction of sp³-hybridized carbons (Fsp3) is 0.294. The second-order valence-electron chi connectivity index (χ2n) is 6.21. The maximum Gasteiger partial charge on any atom is 0.241 e. The van der Waals surface area contributed by atoms with Crippen LogP contribution in [0, 0.1) is 6.92 Å². The third-order valence-electron chi connectivity index (χ3n) is 4.13. The van der Waals surface area contributed by atoms with E-state index in [1.54, 1.807) is 37.3 Å². The molecule has 6 nitrogen and oxygen atoms in total. The molecule has 0 atom stereocenters. The summed E-state index contributed by atoms with van der Waals surface area (Å²) in [6, 6.07) is 8.64. The van der Waals surface area contributed by atoms with Crippen molar-refractivity contribution in [2.45, 2.75) is 37.1 Å². The highest BCUT2D eigenvalue weighted by Gasteiger charge is 2.30. The molecule has 3 aromatic rings. The zero-order chi connectivity index (χ0) is 18.3. The monoisotopic (exact) mass is 409 g/mol. The van der Waals surface area contributed by atoms with Gasteiger partial charge in [-0.2, -0.15) is 4.98 Å². The number of nitrogens with one attached hydrogen (secondary N) is 1. The van der Waals surface area contributed by atoms with Gasteiger partial charge in [-0.1, -0.05) is 28.9 Å². The lowest BCUT2D eigenvalue weighted by Gasteiger charge is -2.06. The summed E-state index contributed by atoms with van der Waals surface area (Å²) in [5.74, 6) is 1.44. The Labute approximate surface area is 160 Å².